The van der Waals surface area contributed by atoms with E-state index in [1.165, 1.54) is 11.6 Å². The average Bonchev–Trinajstić information content (AvgIpc) is 3.19. The van der Waals surface area contributed by atoms with Gasteiger partial charge in [-0.1, -0.05) is 31.6 Å². The molecule has 0 spiro atoms. The van der Waals surface area contributed by atoms with Gasteiger partial charge >= 0.3 is 11.9 Å². The summed E-state index contributed by atoms with van der Waals surface area (Å²) in [6.45, 7) is 14.9. The van der Waals surface area contributed by atoms with Crippen molar-refractivity contribution in [2.45, 2.75) is 40.2 Å². The molecule has 0 radical (unpaired) electrons. The number of aliphatic hydroxyl groups excluding tert-OH is 1. The predicted octanol–water partition coefficient (Wildman–Crippen LogP) is 0.480. The third-order valence-electron chi connectivity index (χ3n) is 4.27. The van der Waals surface area contributed by atoms with Gasteiger partial charge in [0.2, 0.25) is 0 Å². The lowest BCUT2D eigenvalue weighted by Gasteiger charge is -2.31. The molecule has 1 atom stereocenters. The molecule has 0 saturated carbocycles. The number of carboxylic acid groups (broad SMARTS) is 1. The van der Waals surface area contributed by atoms with E-state index in [-0.39, 0.29) is 12.2 Å². The standard InChI is InChI=1S/C12H17NO3.C6H10O.C4H9NO.C2H4O4/c1-9(2)7-10-8-11(14)16-12(10)13-3-5-15-6-4-13;1-6(2)4-3-5-7;1-3-6-4-2-5-1;3-1(4)2(5)6/h7-8,12H,3-6H2,1-2H3;3-6H,1-2H3;5H,1-4H2;1,3-4H,(H,5,6)/b;4-3+;;. The van der Waals surface area contributed by atoms with Gasteiger partial charge in [-0.15, -0.1) is 0 Å². The third-order valence-corrected chi connectivity index (χ3v) is 4.27. The monoisotopic (exact) mass is 500 g/mol. The van der Waals surface area contributed by atoms with E-state index in [1.807, 2.05) is 39.8 Å². The second-order valence-electron chi connectivity index (χ2n) is 8.14. The maximum atomic E-state index is 11.3. The van der Waals surface area contributed by atoms with Gasteiger partial charge in [-0.2, -0.15) is 0 Å². The van der Waals surface area contributed by atoms with Crippen molar-refractivity contribution in [1.82, 2.24) is 10.2 Å². The molecular weight excluding hydrogens is 460 g/mol. The lowest BCUT2D eigenvalue weighted by Crippen LogP contribution is -2.44. The SMILES string of the molecule is C1COCCN1.CC(C)/C=C/C=O.CC(C)=CC1=CC(=O)OC1N1CCOCC1.O=C(O)C(O)O. The number of nitrogens with one attached hydrogen (secondary N) is 1. The summed E-state index contributed by atoms with van der Waals surface area (Å²) < 4.78 is 15.6. The molecular formula is C24H40N2O9. The molecule has 3 heterocycles. The van der Waals surface area contributed by atoms with Crippen LogP contribution in [0, 0.1) is 5.92 Å². The normalized spacial score (nSPS) is 19.8. The first-order chi connectivity index (χ1) is 16.6. The molecule has 0 amide bonds. The molecule has 1 unspecified atom stereocenters. The molecule has 2 fully saturated rings. The van der Waals surface area contributed by atoms with Crippen molar-refractivity contribution in [3.8, 4) is 0 Å². The number of esters is 1. The highest BCUT2D eigenvalue weighted by Gasteiger charge is 2.31. The minimum atomic E-state index is -2.23. The molecule has 0 bridgehead atoms. The number of aliphatic hydroxyl groups is 2. The van der Waals surface area contributed by atoms with Crippen LogP contribution in [0.3, 0.4) is 0 Å². The van der Waals surface area contributed by atoms with Gasteiger partial charge in [0.05, 0.1) is 26.4 Å². The lowest BCUT2D eigenvalue weighted by molar-refractivity contribution is -0.165. The number of ether oxygens (including phenoxy) is 3. The van der Waals surface area contributed by atoms with Gasteiger partial charge in [0.25, 0.3) is 6.29 Å². The van der Waals surface area contributed by atoms with Crippen LogP contribution < -0.4 is 5.32 Å². The van der Waals surface area contributed by atoms with E-state index in [2.05, 4.69) is 10.2 Å². The van der Waals surface area contributed by atoms with Gasteiger partial charge in [-0.05, 0) is 25.8 Å². The first-order valence-electron chi connectivity index (χ1n) is 11.5. The van der Waals surface area contributed by atoms with E-state index >= 15 is 0 Å². The largest absolute Gasteiger partial charge is 0.477 e. The zero-order valence-electron chi connectivity index (χ0n) is 21.0. The van der Waals surface area contributed by atoms with Crippen molar-refractivity contribution in [3.05, 3.63) is 35.5 Å². The Morgan fingerprint density at radius 3 is 2.00 bits per heavy atom. The molecule has 35 heavy (non-hydrogen) atoms. The number of hydrogen-bond acceptors (Lipinski definition) is 10. The zero-order valence-corrected chi connectivity index (χ0v) is 21.0. The number of nitrogens with zero attached hydrogens (tertiary/aromatic N) is 1. The Labute approximate surface area is 207 Å². The van der Waals surface area contributed by atoms with Gasteiger partial charge in [-0.25, -0.2) is 9.59 Å². The van der Waals surface area contributed by atoms with Crippen LogP contribution in [0.5, 0.6) is 0 Å². The molecule has 0 aliphatic carbocycles. The van der Waals surface area contributed by atoms with E-state index in [0.29, 0.717) is 19.1 Å². The molecule has 0 aromatic carbocycles. The molecule has 3 rings (SSSR count). The van der Waals surface area contributed by atoms with Crippen molar-refractivity contribution < 1.29 is 43.9 Å². The topological polar surface area (TPSA) is 155 Å². The van der Waals surface area contributed by atoms with Crippen molar-refractivity contribution in [2.75, 3.05) is 52.6 Å². The van der Waals surface area contributed by atoms with Gasteiger partial charge < -0.3 is 34.8 Å². The molecule has 200 valence electrons. The van der Waals surface area contributed by atoms with Crippen LogP contribution in [0.1, 0.15) is 27.7 Å². The quantitative estimate of drug-likeness (QED) is 0.180. The fourth-order valence-corrected chi connectivity index (χ4v) is 2.75. The van der Waals surface area contributed by atoms with Crippen molar-refractivity contribution in [1.29, 1.82) is 0 Å². The second-order valence-corrected chi connectivity index (χ2v) is 8.14. The minimum absolute atomic E-state index is 0.216. The van der Waals surface area contributed by atoms with Crippen LogP contribution in [-0.4, -0.2) is 104 Å². The van der Waals surface area contributed by atoms with Gasteiger partial charge in [0.1, 0.15) is 6.29 Å². The van der Waals surface area contributed by atoms with E-state index in [0.717, 1.165) is 51.3 Å². The fraction of sp³-hybridized carbons (Fsp3) is 0.625. The molecule has 2 saturated heterocycles. The summed E-state index contributed by atoms with van der Waals surface area (Å²) in [5.41, 5.74) is 2.12. The van der Waals surface area contributed by atoms with Crippen molar-refractivity contribution in [2.24, 2.45) is 5.92 Å². The summed E-state index contributed by atoms with van der Waals surface area (Å²) in [5, 5.41) is 25.8. The Balaban J connectivity index is 0.000000506. The predicted molar refractivity (Wildman–Crippen MR) is 129 cm³/mol. The van der Waals surface area contributed by atoms with E-state index in [9.17, 15) is 14.4 Å². The van der Waals surface area contributed by atoms with Crippen molar-refractivity contribution in [3.63, 3.8) is 0 Å². The fourth-order valence-electron chi connectivity index (χ4n) is 2.75. The molecule has 11 heteroatoms. The number of morpholine rings is 2. The Kier molecular flexibility index (Phi) is 18.5. The molecule has 11 nitrogen and oxygen atoms in total. The second kappa shape index (κ2) is 19.8. The summed E-state index contributed by atoms with van der Waals surface area (Å²) >= 11 is 0. The number of carbonyl (C=O) groups is 3. The Hall–Kier alpha value is -2.41. The Morgan fingerprint density at radius 1 is 1.11 bits per heavy atom. The maximum Gasteiger partial charge on any atom is 0.360 e. The van der Waals surface area contributed by atoms with Crippen LogP contribution in [0.15, 0.2) is 35.5 Å². The highest BCUT2D eigenvalue weighted by molar-refractivity contribution is 5.86. The number of hydrogen-bond donors (Lipinski definition) is 4. The first-order valence-corrected chi connectivity index (χ1v) is 11.5. The van der Waals surface area contributed by atoms with Crippen LogP contribution in [0.2, 0.25) is 0 Å². The third kappa shape index (κ3) is 17.6. The summed E-state index contributed by atoms with van der Waals surface area (Å²) in [7, 11) is 0. The molecule has 0 aromatic heterocycles. The summed E-state index contributed by atoms with van der Waals surface area (Å²) in [5.74, 6) is -1.39. The van der Waals surface area contributed by atoms with E-state index in [4.69, 9.17) is 29.5 Å². The van der Waals surface area contributed by atoms with Crippen LogP contribution in [0.4, 0.5) is 0 Å². The Morgan fingerprint density at radius 2 is 1.66 bits per heavy atom. The molecule has 3 aliphatic heterocycles. The number of allylic oxidation sites excluding steroid dienone is 3. The number of rotatable bonds is 5. The number of aldehydes is 1. The first kappa shape index (κ1) is 32.6. The minimum Gasteiger partial charge on any atom is -0.477 e. The van der Waals surface area contributed by atoms with Crippen LogP contribution in [-0.2, 0) is 28.6 Å². The summed E-state index contributed by atoms with van der Waals surface area (Å²) in [6, 6.07) is 0. The number of carbonyl (C=O) groups excluding carboxylic acids is 2. The Bertz CT molecular complexity index is 692. The highest BCUT2D eigenvalue weighted by atomic mass is 16.6. The van der Waals surface area contributed by atoms with E-state index < -0.39 is 12.3 Å². The average molecular weight is 501 g/mol. The van der Waals surface area contributed by atoms with Crippen LogP contribution >= 0.6 is 0 Å². The maximum absolute atomic E-state index is 11.3. The lowest BCUT2D eigenvalue weighted by atomic mass is 10.1. The smallest absolute Gasteiger partial charge is 0.360 e. The molecule has 0 aromatic rings. The van der Waals surface area contributed by atoms with Crippen LogP contribution in [0.25, 0.3) is 0 Å². The van der Waals surface area contributed by atoms with Gasteiger partial charge in [-0.3, -0.25) is 9.69 Å². The van der Waals surface area contributed by atoms with Crippen molar-refractivity contribution >= 4 is 18.2 Å². The van der Waals surface area contributed by atoms with Gasteiger partial charge in [0.15, 0.2) is 6.23 Å². The number of carboxylic acids is 1. The van der Waals surface area contributed by atoms with Gasteiger partial charge in [0, 0.05) is 37.8 Å². The highest BCUT2D eigenvalue weighted by Crippen LogP contribution is 2.22. The zero-order chi connectivity index (χ0) is 26.6. The number of aliphatic carboxylic acids is 1. The summed E-state index contributed by atoms with van der Waals surface area (Å²) in [6.07, 6.45) is 5.30. The number of cyclic esters (lactones) is 1. The molecule has 3 aliphatic rings. The molecule has 4 N–H and O–H groups in total. The summed E-state index contributed by atoms with van der Waals surface area (Å²) in [4.78, 5) is 32.3. The van der Waals surface area contributed by atoms with E-state index in [1.54, 1.807) is 6.08 Å².